The van der Waals surface area contributed by atoms with Crippen molar-refractivity contribution in [1.82, 2.24) is 10.3 Å². The van der Waals surface area contributed by atoms with Crippen molar-refractivity contribution >= 4 is 11.3 Å². The van der Waals surface area contributed by atoms with E-state index in [1.165, 1.54) is 21.6 Å². The van der Waals surface area contributed by atoms with Gasteiger partial charge in [0.2, 0.25) is 0 Å². The van der Waals surface area contributed by atoms with E-state index in [1.54, 1.807) is 11.3 Å². The fourth-order valence-electron chi connectivity index (χ4n) is 2.15. The highest BCUT2D eigenvalue weighted by Crippen LogP contribution is 2.16. The summed E-state index contributed by atoms with van der Waals surface area (Å²) in [6.45, 7) is 4.34. The number of thiazole rings is 1. The average molecular weight is 260 g/mol. The molecular formula is C15H20N2S. The first-order chi connectivity index (χ1) is 8.69. The van der Waals surface area contributed by atoms with E-state index in [1.807, 2.05) is 18.8 Å². The monoisotopic (exact) mass is 260 g/mol. The van der Waals surface area contributed by atoms with Crippen LogP contribution in [-0.2, 0) is 12.8 Å². The molecule has 1 aromatic heterocycles. The number of likely N-dealkylation sites (N-methyl/N-ethyl adjacent to an activating group) is 1. The van der Waals surface area contributed by atoms with Gasteiger partial charge in [-0.15, -0.1) is 11.3 Å². The molecule has 1 atom stereocenters. The van der Waals surface area contributed by atoms with E-state index in [0.717, 1.165) is 12.8 Å². The predicted molar refractivity (Wildman–Crippen MR) is 78.3 cm³/mol. The highest BCUT2D eigenvalue weighted by molar-refractivity contribution is 7.09. The Hall–Kier alpha value is -1.19. The normalized spacial score (nSPS) is 12.6. The summed E-state index contributed by atoms with van der Waals surface area (Å²) in [4.78, 5) is 5.49. The summed E-state index contributed by atoms with van der Waals surface area (Å²) < 4.78 is 0. The van der Waals surface area contributed by atoms with Crippen molar-refractivity contribution in [2.24, 2.45) is 0 Å². The Balaban J connectivity index is 2.07. The largest absolute Gasteiger partial charge is 0.316 e. The smallest absolute Gasteiger partial charge is 0.0794 e. The molecule has 2 rings (SSSR count). The number of aromatic nitrogens is 1. The number of nitrogens with zero attached hydrogens (tertiary/aromatic N) is 1. The summed E-state index contributed by atoms with van der Waals surface area (Å²) >= 11 is 1.73. The van der Waals surface area contributed by atoms with E-state index >= 15 is 0 Å². The van der Waals surface area contributed by atoms with Gasteiger partial charge in [-0.05, 0) is 44.9 Å². The molecule has 0 aliphatic carbocycles. The second-order valence-electron chi connectivity index (χ2n) is 4.79. The van der Waals surface area contributed by atoms with Crippen molar-refractivity contribution < 1.29 is 0 Å². The van der Waals surface area contributed by atoms with Crippen LogP contribution in [0.3, 0.4) is 0 Å². The SMILES string of the molecule is CNC(Cc1cncs1)Cc1cc(C)ccc1C. The maximum atomic E-state index is 4.14. The Kier molecular flexibility index (Phi) is 4.50. The lowest BCUT2D eigenvalue weighted by molar-refractivity contribution is 0.558. The van der Waals surface area contributed by atoms with Crippen molar-refractivity contribution in [1.29, 1.82) is 0 Å². The van der Waals surface area contributed by atoms with Crippen LogP contribution in [0.2, 0.25) is 0 Å². The van der Waals surface area contributed by atoms with E-state index in [0.29, 0.717) is 6.04 Å². The van der Waals surface area contributed by atoms with E-state index < -0.39 is 0 Å². The summed E-state index contributed by atoms with van der Waals surface area (Å²) in [6, 6.07) is 7.17. The number of nitrogens with one attached hydrogen (secondary N) is 1. The van der Waals surface area contributed by atoms with E-state index in [4.69, 9.17) is 0 Å². The number of hydrogen-bond acceptors (Lipinski definition) is 3. The summed E-state index contributed by atoms with van der Waals surface area (Å²) in [5.41, 5.74) is 6.06. The van der Waals surface area contributed by atoms with Crippen LogP contribution in [0.4, 0.5) is 0 Å². The molecule has 0 aliphatic rings. The van der Waals surface area contributed by atoms with Crippen LogP contribution in [0.15, 0.2) is 29.9 Å². The lowest BCUT2D eigenvalue weighted by Gasteiger charge is -2.17. The number of hydrogen-bond donors (Lipinski definition) is 1. The minimum atomic E-state index is 0.478. The molecule has 0 saturated heterocycles. The Morgan fingerprint density at radius 1 is 1.28 bits per heavy atom. The zero-order chi connectivity index (χ0) is 13.0. The fourth-order valence-corrected chi connectivity index (χ4v) is 2.82. The first-order valence-corrected chi connectivity index (χ1v) is 7.17. The Bertz CT molecular complexity index is 491. The molecule has 0 radical (unpaired) electrons. The third kappa shape index (κ3) is 3.40. The Morgan fingerprint density at radius 3 is 2.78 bits per heavy atom. The summed E-state index contributed by atoms with van der Waals surface area (Å²) in [6.07, 6.45) is 4.09. The average Bonchev–Trinajstić information content (AvgIpc) is 2.85. The molecule has 1 unspecified atom stereocenters. The second-order valence-corrected chi connectivity index (χ2v) is 5.76. The van der Waals surface area contributed by atoms with Gasteiger partial charge < -0.3 is 5.32 Å². The van der Waals surface area contributed by atoms with Crippen LogP contribution in [-0.4, -0.2) is 18.1 Å². The van der Waals surface area contributed by atoms with E-state index in [2.05, 4.69) is 42.3 Å². The molecule has 0 bridgehead atoms. The minimum absolute atomic E-state index is 0.478. The fraction of sp³-hybridized carbons (Fsp3) is 0.400. The zero-order valence-corrected chi connectivity index (χ0v) is 12.1. The standard InChI is InChI=1S/C15H20N2S/c1-11-4-5-12(2)13(6-11)7-14(16-3)8-15-9-17-10-18-15/h4-6,9-10,14,16H,7-8H2,1-3H3. The second kappa shape index (κ2) is 6.12. The van der Waals surface area contributed by atoms with Gasteiger partial charge in [-0.2, -0.15) is 0 Å². The molecule has 2 aromatic rings. The van der Waals surface area contributed by atoms with Gasteiger partial charge in [-0.3, -0.25) is 4.98 Å². The van der Waals surface area contributed by atoms with Gasteiger partial charge in [-0.25, -0.2) is 0 Å². The molecule has 96 valence electrons. The first-order valence-electron chi connectivity index (χ1n) is 6.30. The molecular weight excluding hydrogens is 240 g/mol. The molecule has 0 amide bonds. The van der Waals surface area contributed by atoms with Crippen molar-refractivity contribution in [3.05, 3.63) is 51.5 Å². The van der Waals surface area contributed by atoms with Crippen LogP contribution in [0.5, 0.6) is 0 Å². The van der Waals surface area contributed by atoms with Crippen molar-refractivity contribution in [2.75, 3.05) is 7.05 Å². The summed E-state index contributed by atoms with van der Waals surface area (Å²) in [5.74, 6) is 0. The first kappa shape index (κ1) is 13.2. The van der Waals surface area contributed by atoms with E-state index in [-0.39, 0.29) is 0 Å². The van der Waals surface area contributed by atoms with Crippen LogP contribution in [0.1, 0.15) is 21.6 Å². The molecule has 1 N–H and O–H groups in total. The molecule has 0 saturated carbocycles. The lowest BCUT2D eigenvalue weighted by atomic mass is 9.97. The van der Waals surface area contributed by atoms with Crippen molar-refractivity contribution in [2.45, 2.75) is 32.7 Å². The van der Waals surface area contributed by atoms with E-state index in [9.17, 15) is 0 Å². The Labute approximate surface area is 113 Å². The molecule has 1 aromatic carbocycles. The molecule has 18 heavy (non-hydrogen) atoms. The van der Waals surface area contributed by atoms with Crippen LogP contribution in [0.25, 0.3) is 0 Å². The molecule has 3 heteroatoms. The highest BCUT2D eigenvalue weighted by Gasteiger charge is 2.11. The van der Waals surface area contributed by atoms with Crippen LogP contribution < -0.4 is 5.32 Å². The Morgan fingerprint density at radius 2 is 2.11 bits per heavy atom. The van der Waals surface area contributed by atoms with Crippen molar-refractivity contribution in [3.8, 4) is 0 Å². The third-order valence-electron chi connectivity index (χ3n) is 3.31. The quantitative estimate of drug-likeness (QED) is 0.893. The van der Waals surface area contributed by atoms with Crippen LogP contribution in [0, 0.1) is 13.8 Å². The van der Waals surface area contributed by atoms with Crippen molar-refractivity contribution in [3.63, 3.8) is 0 Å². The van der Waals surface area contributed by atoms with Gasteiger partial charge in [0.25, 0.3) is 0 Å². The van der Waals surface area contributed by atoms with Gasteiger partial charge in [0.05, 0.1) is 5.51 Å². The predicted octanol–water partition coefficient (Wildman–Crippen LogP) is 3.13. The lowest BCUT2D eigenvalue weighted by Crippen LogP contribution is -2.29. The number of aryl methyl sites for hydroxylation is 2. The molecule has 0 aliphatic heterocycles. The maximum absolute atomic E-state index is 4.14. The molecule has 0 spiro atoms. The highest BCUT2D eigenvalue weighted by atomic mass is 32.1. The van der Waals surface area contributed by atoms with Crippen LogP contribution >= 0.6 is 11.3 Å². The number of rotatable bonds is 5. The molecule has 1 heterocycles. The number of benzene rings is 1. The summed E-state index contributed by atoms with van der Waals surface area (Å²) in [5, 5.41) is 3.41. The minimum Gasteiger partial charge on any atom is -0.316 e. The van der Waals surface area contributed by atoms with Gasteiger partial charge in [-0.1, -0.05) is 23.8 Å². The topological polar surface area (TPSA) is 24.9 Å². The zero-order valence-electron chi connectivity index (χ0n) is 11.2. The maximum Gasteiger partial charge on any atom is 0.0794 e. The van der Waals surface area contributed by atoms with Gasteiger partial charge in [0.1, 0.15) is 0 Å². The van der Waals surface area contributed by atoms with Gasteiger partial charge in [0, 0.05) is 17.1 Å². The molecule has 0 fully saturated rings. The third-order valence-corrected chi connectivity index (χ3v) is 4.11. The van der Waals surface area contributed by atoms with Gasteiger partial charge >= 0.3 is 0 Å². The summed E-state index contributed by atoms with van der Waals surface area (Å²) in [7, 11) is 2.04. The van der Waals surface area contributed by atoms with Gasteiger partial charge in [0.15, 0.2) is 0 Å². The molecule has 2 nitrogen and oxygen atoms in total.